The standard InChI is InChI=1S/C10H19ClN2/c1-2-13-8-3-5-10(13)9-12-7-4-6-11/h4,6,10,12H,2-3,5,7-9H2,1H3/b6-4+. The number of nitrogens with one attached hydrogen (secondary N) is 1. The normalized spacial score (nSPS) is 24.6. The molecule has 1 aliphatic rings. The SMILES string of the molecule is CCN1CCCC1CNC/C=C/Cl. The lowest BCUT2D eigenvalue weighted by atomic mass is 10.2. The van der Waals surface area contributed by atoms with Crippen LogP contribution in [0.2, 0.25) is 0 Å². The van der Waals surface area contributed by atoms with E-state index in [2.05, 4.69) is 17.1 Å². The molecule has 1 atom stereocenters. The third-order valence-electron chi connectivity index (χ3n) is 2.64. The van der Waals surface area contributed by atoms with Crippen LogP contribution in [0, 0.1) is 0 Å². The molecule has 0 aromatic rings. The Bertz CT molecular complexity index is 159. The number of nitrogens with zero attached hydrogens (tertiary/aromatic N) is 1. The predicted octanol–water partition coefficient (Wildman–Crippen LogP) is 1.81. The van der Waals surface area contributed by atoms with E-state index >= 15 is 0 Å². The number of hydrogen-bond donors (Lipinski definition) is 1. The summed E-state index contributed by atoms with van der Waals surface area (Å²) in [6.07, 6.45) is 4.63. The topological polar surface area (TPSA) is 15.3 Å². The number of hydrogen-bond acceptors (Lipinski definition) is 2. The Morgan fingerprint density at radius 1 is 1.62 bits per heavy atom. The molecule has 0 aromatic carbocycles. The van der Waals surface area contributed by atoms with Crippen molar-refractivity contribution in [1.82, 2.24) is 10.2 Å². The molecule has 1 aliphatic heterocycles. The lowest BCUT2D eigenvalue weighted by molar-refractivity contribution is 0.262. The summed E-state index contributed by atoms with van der Waals surface area (Å²) >= 11 is 5.42. The molecule has 1 rings (SSSR count). The maximum atomic E-state index is 5.42. The zero-order valence-electron chi connectivity index (χ0n) is 8.30. The van der Waals surface area contributed by atoms with E-state index in [1.54, 1.807) is 5.54 Å². The molecule has 0 spiro atoms. The number of rotatable bonds is 5. The Balaban J connectivity index is 2.12. The van der Waals surface area contributed by atoms with E-state index < -0.39 is 0 Å². The molecule has 13 heavy (non-hydrogen) atoms. The summed E-state index contributed by atoms with van der Waals surface area (Å²) in [4.78, 5) is 2.54. The molecule has 0 amide bonds. The fourth-order valence-corrected chi connectivity index (χ4v) is 2.01. The van der Waals surface area contributed by atoms with E-state index in [0.29, 0.717) is 0 Å². The minimum absolute atomic E-state index is 0.744. The van der Waals surface area contributed by atoms with E-state index in [0.717, 1.165) is 19.1 Å². The van der Waals surface area contributed by atoms with Crippen molar-refractivity contribution in [3.05, 3.63) is 11.6 Å². The average Bonchev–Trinajstić information content (AvgIpc) is 2.60. The van der Waals surface area contributed by atoms with Gasteiger partial charge in [0.1, 0.15) is 0 Å². The van der Waals surface area contributed by atoms with Crippen LogP contribution < -0.4 is 5.32 Å². The molecule has 0 radical (unpaired) electrons. The van der Waals surface area contributed by atoms with Crippen LogP contribution >= 0.6 is 11.6 Å². The van der Waals surface area contributed by atoms with Crippen molar-refractivity contribution >= 4 is 11.6 Å². The van der Waals surface area contributed by atoms with E-state index in [4.69, 9.17) is 11.6 Å². The first kappa shape index (κ1) is 11.0. The van der Waals surface area contributed by atoms with Gasteiger partial charge in [-0.15, -0.1) is 0 Å². The maximum Gasteiger partial charge on any atom is 0.0221 e. The van der Waals surface area contributed by atoms with Crippen LogP contribution in [0.5, 0.6) is 0 Å². The molecular formula is C10H19ClN2. The quantitative estimate of drug-likeness (QED) is 0.685. The van der Waals surface area contributed by atoms with E-state index in [1.807, 2.05) is 6.08 Å². The van der Waals surface area contributed by atoms with Gasteiger partial charge in [0.2, 0.25) is 0 Å². The third kappa shape index (κ3) is 3.67. The predicted molar refractivity (Wildman–Crippen MR) is 58.1 cm³/mol. The minimum atomic E-state index is 0.744. The van der Waals surface area contributed by atoms with Gasteiger partial charge >= 0.3 is 0 Å². The Labute approximate surface area is 85.9 Å². The van der Waals surface area contributed by atoms with E-state index in [-0.39, 0.29) is 0 Å². The summed E-state index contributed by atoms with van der Waals surface area (Å²) in [5, 5.41) is 3.38. The first-order valence-corrected chi connectivity index (χ1v) is 5.52. The number of halogens is 1. The highest BCUT2D eigenvalue weighted by Gasteiger charge is 2.21. The van der Waals surface area contributed by atoms with Crippen molar-refractivity contribution in [3.8, 4) is 0 Å². The lowest BCUT2D eigenvalue weighted by Gasteiger charge is -2.22. The molecular weight excluding hydrogens is 184 g/mol. The Hall–Kier alpha value is -0.0500. The van der Waals surface area contributed by atoms with Gasteiger partial charge in [0, 0.05) is 24.7 Å². The summed E-state index contributed by atoms with van der Waals surface area (Å²) < 4.78 is 0. The van der Waals surface area contributed by atoms with Gasteiger partial charge in [-0.25, -0.2) is 0 Å². The first-order chi connectivity index (χ1) is 6.38. The Morgan fingerprint density at radius 2 is 2.46 bits per heavy atom. The molecule has 2 nitrogen and oxygen atoms in total. The highest BCUT2D eigenvalue weighted by molar-refractivity contribution is 6.25. The van der Waals surface area contributed by atoms with Gasteiger partial charge < -0.3 is 5.32 Å². The second-order valence-electron chi connectivity index (χ2n) is 3.44. The van der Waals surface area contributed by atoms with Crippen LogP contribution in [-0.2, 0) is 0 Å². The molecule has 1 fully saturated rings. The zero-order valence-corrected chi connectivity index (χ0v) is 9.06. The van der Waals surface area contributed by atoms with Crippen LogP contribution in [0.3, 0.4) is 0 Å². The van der Waals surface area contributed by atoms with Crippen molar-refractivity contribution in [2.75, 3.05) is 26.2 Å². The van der Waals surface area contributed by atoms with Crippen molar-refractivity contribution in [2.45, 2.75) is 25.8 Å². The highest BCUT2D eigenvalue weighted by atomic mass is 35.5. The Kier molecular flexibility index (Phi) is 5.44. The van der Waals surface area contributed by atoms with Crippen molar-refractivity contribution in [1.29, 1.82) is 0 Å². The second-order valence-corrected chi connectivity index (χ2v) is 3.70. The smallest absolute Gasteiger partial charge is 0.0221 e. The average molecular weight is 203 g/mol. The molecule has 1 unspecified atom stereocenters. The highest BCUT2D eigenvalue weighted by Crippen LogP contribution is 2.15. The van der Waals surface area contributed by atoms with Crippen molar-refractivity contribution in [2.24, 2.45) is 0 Å². The van der Waals surface area contributed by atoms with E-state index in [1.165, 1.54) is 25.9 Å². The fourth-order valence-electron chi connectivity index (χ4n) is 1.92. The van der Waals surface area contributed by atoms with E-state index in [9.17, 15) is 0 Å². The summed E-state index contributed by atoms with van der Waals surface area (Å²) in [5.41, 5.74) is 1.57. The number of likely N-dealkylation sites (tertiary alicyclic amines) is 1. The molecule has 0 bridgehead atoms. The van der Waals surface area contributed by atoms with Crippen LogP contribution in [0.25, 0.3) is 0 Å². The molecule has 1 N–H and O–H groups in total. The lowest BCUT2D eigenvalue weighted by Crippen LogP contribution is -2.37. The van der Waals surface area contributed by atoms with Gasteiger partial charge in [-0.2, -0.15) is 0 Å². The van der Waals surface area contributed by atoms with Gasteiger partial charge in [-0.1, -0.05) is 24.6 Å². The summed E-state index contributed by atoms with van der Waals surface area (Å²) in [6, 6.07) is 0.744. The van der Waals surface area contributed by atoms with Gasteiger partial charge in [-0.05, 0) is 25.9 Å². The maximum absolute atomic E-state index is 5.42. The molecule has 0 saturated carbocycles. The zero-order chi connectivity index (χ0) is 9.52. The first-order valence-electron chi connectivity index (χ1n) is 5.08. The minimum Gasteiger partial charge on any atom is -0.312 e. The monoisotopic (exact) mass is 202 g/mol. The van der Waals surface area contributed by atoms with Crippen LogP contribution in [-0.4, -0.2) is 37.1 Å². The van der Waals surface area contributed by atoms with Crippen molar-refractivity contribution < 1.29 is 0 Å². The van der Waals surface area contributed by atoms with Crippen LogP contribution in [0.4, 0.5) is 0 Å². The number of likely N-dealkylation sites (N-methyl/N-ethyl adjacent to an activating group) is 1. The second kappa shape index (κ2) is 6.41. The summed E-state index contributed by atoms with van der Waals surface area (Å²) in [6.45, 7) is 6.66. The van der Waals surface area contributed by atoms with Crippen molar-refractivity contribution in [3.63, 3.8) is 0 Å². The van der Waals surface area contributed by atoms with Crippen LogP contribution in [0.1, 0.15) is 19.8 Å². The van der Waals surface area contributed by atoms with Gasteiger partial charge in [-0.3, -0.25) is 4.90 Å². The fraction of sp³-hybridized carbons (Fsp3) is 0.800. The molecule has 1 saturated heterocycles. The van der Waals surface area contributed by atoms with Gasteiger partial charge in [0.15, 0.2) is 0 Å². The largest absolute Gasteiger partial charge is 0.312 e. The Morgan fingerprint density at radius 3 is 3.15 bits per heavy atom. The summed E-state index contributed by atoms with van der Waals surface area (Å²) in [5.74, 6) is 0. The van der Waals surface area contributed by atoms with Gasteiger partial charge in [0.05, 0.1) is 0 Å². The molecule has 1 heterocycles. The van der Waals surface area contributed by atoms with Crippen LogP contribution in [0.15, 0.2) is 11.6 Å². The summed E-state index contributed by atoms with van der Waals surface area (Å²) in [7, 11) is 0. The molecule has 0 aliphatic carbocycles. The molecule has 0 aromatic heterocycles. The third-order valence-corrected chi connectivity index (χ3v) is 2.81. The van der Waals surface area contributed by atoms with Gasteiger partial charge in [0.25, 0.3) is 0 Å². The molecule has 3 heteroatoms. The molecule has 76 valence electrons.